The number of carboxylic acid groups (broad SMARTS) is 3. The van der Waals surface area contributed by atoms with Crippen LogP contribution in [0.4, 0.5) is 73.9 Å². The van der Waals surface area contributed by atoms with Crippen molar-refractivity contribution >= 4 is 310 Å². The molecule has 2 aliphatic rings. The topological polar surface area (TPSA) is 662 Å². The number of H-pyrrole nitrogens is 1. The lowest BCUT2D eigenvalue weighted by molar-refractivity contribution is -0.114. The van der Waals surface area contributed by atoms with Gasteiger partial charge in [0.2, 0.25) is 15.9 Å². The number of carboxylic acids is 3. The predicted octanol–water partition coefficient (Wildman–Crippen LogP) is 14.1. The highest BCUT2D eigenvalue weighted by Gasteiger charge is 2.31. The number of nitrogen functional groups attached to an aromatic ring is 9. The van der Waals surface area contributed by atoms with Crippen LogP contribution < -0.4 is 81.6 Å². The number of fused-ring (bicyclic) bond motifs is 8. The molecule has 1 aromatic carbocycles. The van der Waals surface area contributed by atoms with Gasteiger partial charge in [0.25, 0.3) is 29.5 Å². The molecule has 0 unspecified atom stereocenters. The number of aromatic carboxylic acids is 3. The van der Waals surface area contributed by atoms with Crippen LogP contribution in [0.5, 0.6) is 5.75 Å². The van der Waals surface area contributed by atoms with E-state index in [2.05, 4.69) is 59.7 Å². The number of aromatic nitrogens is 8. The third kappa shape index (κ3) is 23.6. The average molecular weight is 2130 g/mol. The second-order valence-electron chi connectivity index (χ2n) is 32.8. The third-order valence-corrected chi connectivity index (χ3v) is 31.1. The molecule has 17 aromatic rings. The average Bonchev–Trinajstić information content (AvgIpc) is 1.65. The van der Waals surface area contributed by atoms with E-state index in [0.29, 0.717) is 126 Å². The number of aromatic amines is 1. The number of hydrogen-bond donors (Lipinski definition) is 15. The van der Waals surface area contributed by atoms with Crippen molar-refractivity contribution in [3.05, 3.63) is 178 Å². The number of piperidine rings is 1. The summed E-state index contributed by atoms with van der Waals surface area (Å²) in [7, 11) is 15.0. The van der Waals surface area contributed by atoms with Gasteiger partial charge in [-0.1, -0.05) is 30.3 Å². The summed E-state index contributed by atoms with van der Waals surface area (Å²) < 4.78 is 30.2. The highest BCUT2D eigenvalue weighted by atomic mass is 32.2. The van der Waals surface area contributed by atoms with Crippen molar-refractivity contribution in [2.75, 3.05) is 181 Å². The number of sulfonamides is 1. The Hall–Kier alpha value is -15.5. The number of benzene rings is 1. The van der Waals surface area contributed by atoms with Crippen LogP contribution in [0.3, 0.4) is 0 Å². The summed E-state index contributed by atoms with van der Waals surface area (Å²) in [6.07, 6.45) is 20.1. The molecular formula is C93H102N26O16S9. The van der Waals surface area contributed by atoms with Gasteiger partial charge in [-0.3, -0.25) is 38.3 Å². The predicted molar refractivity (Wildman–Crippen MR) is 583 cm³/mol. The largest absolute Gasteiger partial charge is 0.496 e. The summed E-state index contributed by atoms with van der Waals surface area (Å²) in [6.45, 7) is 5.61. The lowest BCUT2D eigenvalue weighted by Gasteiger charge is -2.29. The van der Waals surface area contributed by atoms with Gasteiger partial charge in [-0.05, 0) is 85.7 Å². The fraction of sp³-hybridized carbons (Fsp3) is 0.237. The van der Waals surface area contributed by atoms with Gasteiger partial charge in [-0.25, -0.2) is 57.7 Å². The number of hydrogen-bond acceptors (Lipinski definition) is 39. The van der Waals surface area contributed by atoms with Crippen LogP contribution in [0.1, 0.15) is 116 Å². The van der Waals surface area contributed by atoms with Crippen LogP contribution in [-0.2, 0) is 14.8 Å². The van der Waals surface area contributed by atoms with Gasteiger partial charge in [-0.15, -0.1) is 90.7 Å². The molecule has 51 heteroatoms. The van der Waals surface area contributed by atoms with Crippen molar-refractivity contribution in [2.24, 2.45) is 0 Å². The van der Waals surface area contributed by atoms with Crippen molar-refractivity contribution < 1.29 is 71.6 Å². The molecule has 0 bridgehead atoms. The molecule has 0 saturated carbocycles. The Morgan fingerprint density at radius 1 is 0.382 bits per heavy atom. The van der Waals surface area contributed by atoms with Gasteiger partial charge in [-0.2, -0.15) is 0 Å². The highest BCUT2D eigenvalue weighted by molar-refractivity contribution is 7.92. The standard InChI is InChI=1S/C15H20N4OS.C14H18N4OS.C14H10N2O2S.C12H14N4O2S.C11H14N4O3S2.C10H12N4OS.C9H8N2O3S.C8H6N2O3S/c1-18(2)15(20)13-12(16)11-10(6-7-17-14(11)21-13)19-8-4-3-5-9-19;1-17(2)14(19)12-11(15)10-9(18-7-3-4-8-18)5-6-16-13(10)20-12;15-11-10-9(8-4-2-1-3-5-8)6-7-16-13(10)19-12(11)14(17)18;1-6(17)15-7-4-5-14-11-8(7)9(13)10(19-11)12(18)16(2)3;1-15(2)11(16)9-8(12)7-6(14-20(3,17)18)4-5-13-10(7)19-9;1-14(2)10(15)8-7(12)6-5(11)3-4-13-9(6)16-8;1-14-4-2-3-11-8-5(4)6(10)7(15-8)9(12)13;9-5-4-3(11)1-2-10-7(4)14-6(5)8(12)13/h6-7H,3-5,8-9,16H2,1-2H3;5-6H,3-4,7-8,15H2,1-2H3;1-7H,15H2,(H,17,18);4-5H,13H2,1-3H3,(H,14,15,17);4-5H,12H2,1-3H3,(H,13,14);3-4H,12H2,1-2H3,(H2,11,13);2-3H,10H2,1H3,(H,12,13);1-2H,9H2,(H,10,11)(H,12,13). The molecule has 16 aromatic heterocycles. The number of methoxy groups -OCH3 is 1. The molecule has 0 atom stereocenters. The van der Waals surface area contributed by atoms with E-state index in [4.69, 9.17) is 71.7 Å². The zero-order valence-electron chi connectivity index (χ0n) is 79.8. The van der Waals surface area contributed by atoms with E-state index in [1.165, 1.54) is 131 Å². The van der Waals surface area contributed by atoms with Crippen molar-refractivity contribution in [1.29, 1.82) is 0 Å². The van der Waals surface area contributed by atoms with E-state index in [1.54, 1.807) is 129 Å². The molecule has 2 aliphatic heterocycles. The maximum atomic E-state index is 12.2. The molecule has 754 valence electrons. The lowest BCUT2D eigenvalue weighted by Crippen LogP contribution is -2.29. The van der Waals surface area contributed by atoms with Gasteiger partial charge in [0.15, 0.2) is 5.43 Å². The Kier molecular flexibility index (Phi) is 34.3. The smallest absolute Gasteiger partial charge is 0.348 e. The summed E-state index contributed by atoms with van der Waals surface area (Å²) in [6, 6.07) is 23.4. The Labute approximate surface area is 854 Å². The number of nitrogens with two attached hydrogens (primary N) is 9. The Balaban J connectivity index is 0.000000147. The number of rotatable bonds is 15. The number of nitrogens with one attached hydrogen (secondary N) is 3. The van der Waals surface area contributed by atoms with E-state index >= 15 is 0 Å². The monoisotopic (exact) mass is 2130 g/mol. The van der Waals surface area contributed by atoms with Crippen molar-refractivity contribution in [3.63, 3.8) is 0 Å². The van der Waals surface area contributed by atoms with Crippen LogP contribution in [0.25, 0.3) is 92.9 Å². The van der Waals surface area contributed by atoms with Gasteiger partial charge < -0.3 is 116 Å². The van der Waals surface area contributed by atoms with Crippen LogP contribution in [0.15, 0.2) is 133 Å². The van der Waals surface area contributed by atoms with Gasteiger partial charge >= 0.3 is 17.9 Å². The Morgan fingerprint density at radius 3 is 1.10 bits per heavy atom. The molecule has 0 spiro atoms. The van der Waals surface area contributed by atoms with E-state index in [0.717, 1.165) is 126 Å². The first-order valence-electron chi connectivity index (χ1n) is 43.2. The van der Waals surface area contributed by atoms with Crippen LogP contribution >= 0.6 is 90.7 Å². The second kappa shape index (κ2) is 46.0. The number of pyridine rings is 8. The first kappa shape index (κ1) is 107. The summed E-state index contributed by atoms with van der Waals surface area (Å²) >= 11 is 9.51. The zero-order valence-corrected chi connectivity index (χ0v) is 87.1. The number of nitrogens with zero attached hydrogens (tertiary/aromatic N) is 14. The minimum Gasteiger partial charge on any atom is -0.496 e. The van der Waals surface area contributed by atoms with Gasteiger partial charge in [0.05, 0.1) is 119 Å². The van der Waals surface area contributed by atoms with Crippen molar-refractivity contribution in [2.45, 2.75) is 39.0 Å². The molecule has 18 heterocycles. The number of carbonyl (C=O) groups is 9. The van der Waals surface area contributed by atoms with E-state index in [9.17, 15) is 56.4 Å². The molecule has 19 rings (SSSR count). The normalized spacial score (nSPS) is 12.0. The fourth-order valence-electron chi connectivity index (χ4n) is 14.9. The Morgan fingerprint density at radius 2 is 0.701 bits per heavy atom. The third-order valence-electron chi connectivity index (χ3n) is 21.6. The minimum atomic E-state index is -3.44. The summed E-state index contributed by atoms with van der Waals surface area (Å²) in [5, 5.41) is 34.7. The fourth-order valence-corrected chi connectivity index (χ4v) is 23.8. The molecule has 2 fully saturated rings. The molecule has 0 aliphatic carbocycles. The van der Waals surface area contributed by atoms with Crippen LogP contribution in [0, 0.1) is 0 Å². The lowest BCUT2D eigenvalue weighted by atomic mass is 10.0. The van der Waals surface area contributed by atoms with Crippen LogP contribution in [-0.4, -0.2) is 251 Å². The zero-order chi connectivity index (χ0) is 105. The molecule has 6 amide bonds. The maximum Gasteiger partial charge on any atom is 0.348 e. The second-order valence-corrected chi connectivity index (χ2v) is 42.6. The maximum absolute atomic E-state index is 12.2. The van der Waals surface area contributed by atoms with Crippen molar-refractivity contribution in [3.8, 4) is 16.9 Å². The number of amides is 6. The molecule has 42 nitrogen and oxygen atoms in total. The SMILES string of the molecule is CC(=O)Nc1ccnc2sc(C(=O)N(C)C)c(N)c12.CN(C)C(=O)c1sc2nccc(N)c2c1N.CN(C)C(=O)c1sc2nccc(N3CCCC3)c2c1N.CN(C)C(=O)c1sc2nccc(N3CCCCC3)c2c1N.CN(C)C(=O)c1sc2nccc(NS(C)(=O)=O)c2c1N.COc1ccnc2sc(C(=O)O)c(N)c12.Nc1c(C(=O)O)sc2[nH]ccc(=O)c12.Nc1c(C(=O)O)sc2nccc(-c3ccccc3)c12. The first-order chi connectivity index (χ1) is 68.3. The molecular weight excluding hydrogens is 2030 g/mol. The van der Waals surface area contributed by atoms with E-state index in [1.807, 2.05) is 54.7 Å². The molecule has 144 heavy (non-hydrogen) atoms. The number of carbonyl (C=O) groups excluding carboxylic acids is 6. The summed E-state index contributed by atoms with van der Waals surface area (Å²) in [5.41, 5.74) is 61.5. The first-order valence-corrected chi connectivity index (χ1v) is 51.7. The highest BCUT2D eigenvalue weighted by Crippen LogP contribution is 2.46. The van der Waals surface area contributed by atoms with Gasteiger partial charge in [0, 0.05) is 170 Å². The molecule has 24 N–H and O–H groups in total. The Bertz CT molecular complexity index is 7970. The number of anilines is 13. The van der Waals surface area contributed by atoms with Gasteiger partial charge in [0.1, 0.15) is 83.4 Å². The summed E-state index contributed by atoms with van der Waals surface area (Å²) in [5.74, 6) is -3.48. The summed E-state index contributed by atoms with van der Waals surface area (Å²) in [4.78, 5) is 168. The molecule has 2 saturated heterocycles. The van der Waals surface area contributed by atoms with E-state index < -0.39 is 27.9 Å². The number of thiophene rings is 8. The molecule has 0 radical (unpaired) electrons. The quantitative estimate of drug-likeness (QED) is 0.0453. The van der Waals surface area contributed by atoms with Crippen molar-refractivity contribution in [1.82, 2.24) is 64.4 Å². The minimum absolute atomic E-state index is 0.000417. The van der Waals surface area contributed by atoms with Crippen LogP contribution in [0.2, 0.25) is 0 Å². The van der Waals surface area contributed by atoms with E-state index in [-0.39, 0.29) is 78.0 Å². The number of ether oxygens (including phenoxy) is 1.